The summed E-state index contributed by atoms with van der Waals surface area (Å²) in [6.07, 6.45) is 3.43. The maximum absolute atomic E-state index is 4.44. The number of piperidine rings is 1. The van der Waals surface area contributed by atoms with Crippen LogP contribution in [0, 0.1) is 0 Å². The molecule has 2 atom stereocenters. The van der Waals surface area contributed by atoms with Crippen LogP contribution in [0.4, 0.5) is 5.13 Å². The molecule has 1 aromatic rings. The van der Waals surface area contributed by atoms with E-state index in [4.69, 9.17) is 0 Å². The molecular weight excluding hydrogens is 232 g/mol. The molecule has 3 fully saturated rings. The zero-order valence-electron chi connectivity index (χ0n) is 10.8. The van der Waals surface area contributed by atoms with E-state index in [1.165, 1.54) is 24.4 Å². The summed E-state index contributed by atoms with van der Waals surface area (Å²) in [5.41, 5.74) is 0. The molecule has 0 aliphatic carbocycles. The van der Waals surface area contributed by atoms with Gasteiger partial charge in [-0.25, -0.2) is 4.98 Å². The normalized spacial score (nSPS) is 29.1. The van der Waals surface area contributed by atoms with E-state index in [0.717, 1.165) is 23.8 Å². The fraction of sp³-hybridized carbons (Fsp3) is 0.750. The van der Waals surface area contributed by atoms with Crippen molar-refractivity contribution in [2.24, 2.45) is 0 Å². The quantitative estimate of drug-likeness (QED) is 0.803. The SMILES string of the molecule is CN1CC2CC(C1)N2Cc1cnc(N(C)C)s1. The highest BCUT2D eigenvalue weighted by molar-refractivity contribution is 7.15. The fourth-order valence-corrected chi connectivity index (χ4v) is 3.75. The van der Waals surface area contributed by atoms with Gasteiger partial charge in [0.15, 0.2) is 5.13 Å². The van der Waals surface area contributed by atoms with Gasteiger partial charge in [-0.05, 0) is 13.5 Å². The number of nitrogens with zero attached hydrogens (tertiary/aromatic N) is 4. The van der Waals surface area contributed by atoms with Gasteiger partial charge >= 0.3 is 0 Å². The van der Waals surface area contributed by atoms with E-state index in [0.29, 0.717) is 0 Å². The first kappa shape index (κ1) is 11.4. The lowest BCUT2D eigenvalue weighted by molar-refractivity contribution is -0.0662. The smallest absolute Gasteiger partial charge is 0.185 e. The maximum Gasteiger partial charge on any atom is 0.185 e. The predicted octanol–water partition coefficient (Wildman–Crippen LogP) is 1.10. The Labute approximate surface area is 107 Å². The van der Waals surface area contributed by atoms with Crippen molar-refractivity contribution >= 4 is 16.5 Å². The van der Waals surface area contributed by atoms with Crippen molar-refractivity contribution in [1.29, 1.82) is 0 Å². The second-order valence-electron chi connectivity index (χ2n) is 5.44. The number of rotatable bonds is 3. The third-order valence-corrected chi connectivity index (χ3v) is 4.94. The number of anilines is 1. The average Bonchev–Trinajstić information content (AvgIpc) is 2.74. The summed E-state index contributed by atoms with van der Waals surface area (Å²) in [4.78, 5) is 13.0. The standard InChI is InChI=1S/C12H20N4S/c1-14(2)12-13-5-11(17-12)8-16-9-4-10(16)7-15(3)6-9/h5,9-10H,4,6-8H2,1-3H3. The van der Waals surface area contributed by atoms with Gasteiger partial charge in [0.1, 0.15) is 0 Å². The first-order valence-corrected chi connectivity index (χ1v) is 7.01. The Morgan fingerprint density at radius 1 is 1.41 bits per heavy atom. The summed E-state index contributed by atoms with van der Waals surface area (Å²) >= 11 is 1.82. The van der Waals surface area contributed by atoms with E-state index in [1.54, 1.807) is 0 Å². The molecule has 3 aliphatic heterocycles. The summed E-state index contributed by atoms with van der Waals surface area (Å²) in [5.74, 6) is 0. The van der Waals surface area contributed by atoms with Crippen LogP contribution >= 0.6 is 11.3 Å². The van der Waals surface area contributed by atoms with Crippen molar-refractivity contribution < 1.29 is 0 Å². The van der Waals surface area contributed by atoms with Gasteiger partial charge in [0.25, 0.3) is 0 Å². The maximum atomic E-state index is 4.44. The van der Waals surface area contributed by atoms with Gasteiger partial charge in [-0.2, -0.15) is 0 Å². The molecular formula is C12H20N4S. The Bertz CT molecular complexity index is 391. The van der Waals surface area contributed by atoms with Crippen LogP contribution in [0.5, 0.6) is 0 Å². The second kappa shape index (κ2) is 4.23. The minimum atomic E-state index is 0.781. The van der Waals surface area contributed by atoms with Gasteiger partial charge in [0.2, 0.25) is 0 Å². The molecule has 17 heavy (non-hydrogen) atoms. The molecule has 1 aromatic heterocycles. The average molecular weight is 252 g/mol. The van der Waals surface area contributed by atoms with Crippen LogP contribution in [-0.4, -0.2) is 61.1 Å². The zero-order chi connectivity index (χ0) is 12.0. The van der Waals surface area contributed by atoms with E-state index < -0.39 is 0 Å². The minimum Gasteiger partial charge on any atom is -0.354 e. The molecule has 5 heteroatoms. The molecule has 4 nitrogen and oxygen atoms in total. The van der Waals surface area contributed by atoms with Crippen LogP contribution in [0.25, 0.3) is 0 Å². The number of fused-ring (bicyclic) bond motifs is 2. The molecule has 0 aromatic carbocycles. The van der Waals surface area contributed by atoms with Crippen LogP contribution in [0.15, 0.2) is 6.20 Å². The van der Waals surface area contributed by atoms with E-state index in [2.05, 4.69) is 40.8 Å². The van der Waals surface area contributed by atoms with Crippen molar-refractivity contribution in [2.45, 2.75) is 25.0 Å². The molecule has 0 amide bonds. The van der Waals surface area contributed by atoms with E-state index in [1.807, 2.05) is 17.5 Å². The number of thiazole rings is 1. The molecule has 3 saturated heterocycles. The van der Waals surface area contributed by atoms with Crippen molar-refractivity contribution in [3.05, 3.63) is 11.1 Å². The summed E-state index contributed by atoms with van der Waals surface area (Å²) in [7, 11) is 6.33. The third-order valence-electron chi connectivity index (χ3n) is 3.79. The predicted molar refractivity (Wildman–Crippen MR) is 71.7 cm³/mol. The van der Waals surface area contributed by atoms with Crippen LogP contribution in [0.2, 0.25) is 0 Å². The van der Waals surface area contributed by atoms with Gasteiger partial charge in [0, 0.05) is 56.9 Å². The monoisotopic (exact) mass is 252 g/mol. The number of likely N-dealkylation sites (N-methyl/N-ethyl adjacent to an activating group) is 1. The van der Waals surface area contributed by atoms with Crippen molar-refractivity contribution in [1.82, 2.24) is 14.8 Å². The fourth-order valence-electron chi connectivity index (χ4n) is 2.91. The Hall–Kier alpha value is -0.650. The first-order valence-electron chi connectivity index (χ1n) is 6.20. The second-order valence-corrected chi connectivity index (χ2v) is 6.53. The van der Waals surface area contributed by atoms with E-state index in [9.17, 15) is 0 Å². The first-order chi connectivity index (χ1) is 8.13. The molecule has 0 radical (unpaired) electrons. The molecule has 0 spiro atoms. The molecule has 0 saturated carbocycles. The molecule has 4 rings (SSSR count). The Kier molecular flexibility index (Phi) is 2.84. The van der Waals surface area contributed by atoms with Gasteiger partial charge in [-0.15, -0.1) is 11.3 Å². The molecule has 3 aliphatic rings. The highest BCUT2D eigenvalue weighted by Gasteiger charge is 2.43. The highest BCUT2D eigenvalue weighted by atomic mass is 32.1. The van der Waals surface area contributed by atoms with Gasteiger partial charge in [-0.3, -0.25) is 4.90 Å². The summed E-state index contributed by atoms with van der Waals surface area (Å²) in [6, 6.07) is 1.56. The molecule has 2 bridgehead atoms. The van der Waals surface area contributed by atoms with Crippen LogP contribution in [0.1, 0.15) is 11.3 Å². The van der Waals surface area contributed by atoms with Crippen molar-refractivity contribution in [2.75, 3.05) is 39.1 Å². The summed E-state index contributed by atoms with van der Waals surface area (Å²) in [6.45, 7) is 3.56. The molecule has 0 N–H and O–H groups in total. The topological polar surface area (TPSA) is 22.6 Å². The number of aromatic nitrogens is 1. The number of piperazine rings is 1. The van der Waals surface area contributed by atoms with Gasteiger partial charge in [0.05, 0.1) is 0 Å². The van der Waals surface area contributed by atoms with Gasteiger partial charge < -0.3 is 9.80 Å². The largest absolute Gasteiger partial charge is 0.354 e. The number of hydrogen-bond donors (Lipinski definition) is 0. The summed E-state index contributed by atoms with van der Waals surface area (Å²) < 4.78 is 0. The third kappa shape index (κ3) is 2.07. The Balaban J connectivity index is 1.64. The number of hydrogen-bond acceptors (Lipinski definition) is 5. The van der Waals surface area contributed by atoms with Gasteiger partial charge in [-0.1, -0.05) is 0 Å². The Morgan fingerprint density at radius 2 is 2.12 bits per heavy atom. The van der Waals surface area contributed by atoms with Crippen LogP contribution in [0.3, 0.4) is 0 Å². The van der Waals surface area contributed by atoms with E-state index >= 15 is 0 Å². The van der Waals surface area contributed by atoms with Crippen molar-refractivity contribution in [3.8, 4) is 0 Å². The molecule has 4 heterocycles. The minimum absolute atomic E-state index is 0.781. The highest BCUT2D eigenvalue weighted by Crippen LogP contribution is 2.34. The van der Waals surface area contributed by atoms with Crippen LogP contribution in [-0.2, 0) is 6.54 Å². The lowest BCUT2D eigenvalue weighted by atomic mass is 9.88. The van der Waals surface area contributed by atoms with Crippen LogP contribution < -0.4 is 4.90 Å². The Morgan fingerprint density at radius 3 is 2.71 bits per heavy atom. The zero-order valence-corrected chi connectivity index (χ0v) is 11.6. The summed E-state index contributed by atoms with van der Waals surface area (Å²) in [5, 5.41) is 1.11. The lowest BCUT2D eigenvalue weighted by Crippen LogP contribution is -2.67. The molecule has 94 valence electrons. The lowest BCUT2D eigenvalue weighted by Gasteiger charge is -2.55. The van der Waals surface area contributed by atoms with E-state index in [-0.39, 0.29) is 0 Å². The van der Waals surface area contributed by atoms with Crippen molar-refractivity contribution in [3.63, 3.8) is 0 Å². The molecule has 2 unspecified atom stereocenters.